The first-order valence-electron chi connectivity index (χ1n) is 7.06. The lowest BCUT2D eigenvalue weighted by molar-refractivity contribution is 0.222. The third-order valence-electron chi connectivity index (χ3n) is 4.07. The van der Waals surface area contributed by atoms with E-state index in [9.17, 15) is 4.39 Å². The molecule has 2 atom stereocenters. The highest BCUT2D eigenvalue weighted by Crippen LogP contribution is 2.37. The van der Waals surface area contributed by atoms with Crippen LogP contribution in [-0.2, 0) is 5.54 Å². The van der Waals surface area contributed by atoms with Gasteiger partial charge in [0.05, 0.1) is 11.1 Å². The van der Waals surface area contributed by atoms with Gasteiger partial charge in [-0.3, -0.25) is 0 Å². The Hall–Kier alpha value is -1.46. The summed E-state index contributed by atoms with van der Waals surface area (Å²) in [5.74, 6) is 0.638. The topological polar surface area (TPSA) is 64.9 Å². The zero-order chi connectivity index (χ0) is 15.0. The second kappa shape index (κ2) is 5.39. The van der Waals surface area contributed by atoms with Crippen molar-refractivity contribution in [1.29, 1.82) is 0 Å². The van der Waals surface area contributed by atoms with E-state index in [-0.39, 0.29) is 11.5 Å². The van der Waals surface area contributed by atoms with Gasteiger partial charge < -0.3 is 10.3 Å². The maximum atomic E-state index is 13.9. The molecule has 1 aromatic heterocycles. The van der Waals surface area contributed by atoms with E-state index in [0.717, 1.165) is 25.7 Å². The fourth-order valence-corrected chi connectivity index (χ4v) is 3.15. The zero-order valence-electron chi connectivity index (χ0n) is 11.8. The number of nitrogens with zero attached hydrogens (tertiary/aromatic N) is 2. The van der Waals surface area contributed by atoms with Crippen molar-refractivity contribution < 1.29 is 8.91 Å². The first kappa shape index (κ1) is 14.5. The molecular weight excluding hydrogens is 293 g/mol. The van der Waals surface area contributed by atoms with Gasteiger partial charge in [0.15, 0.2) is 5.82 Å². The number of aromatic nitrogens is 2. The van der Waals surface area contributed by atoms with Gasteiger partial charge in [0.25, 0.3) is 5.89 Å². The molecule has 0 radical (unpaired) electrons. The molecule has 21 heavy (non-hydrogen) atoms. The molecule has 112 valence electrons. The Morgan fingerprint density at radius 2 is 2.29 bits per heavy atom. The first-order chi connectivity index (χ1) is 9.98. The van der Waals surface area contributed by atoms with Gasteiger partial charge in [-0.1, -0.05) is 36.5 Å². The van der Waals surface area contributed by atoms with Crippen LogP contribution < -0.4 is 5.73 Å². The molecule has 1 heterocycles. The highest BCUT2D eigenvalue weighted by atomic mass is 35.5. The van der Waals surface area contributed by atoms with E-state index in [1.165, 1.54) is 12.1 Å². The summed E-state index contributed by atoms with van der Waals surface area (Å²) < 4.78 is 19.1. The van der Waals surface area contributed by atoms with Crippen molar-refractivity contribution in [2.24, 2.45) is 11.7 Å². The van der Waals surface area contributed by atoms with Crippen LogP contribution in [0.5, 0.6) is 0 Å². The second-order valence-electron chi connectivity index (χ2n) is 5.90. The summed E-state index contributed by atoms with van der Waals surface area (Å²) in [5, 5.41) is 4.30. The molecule has 2 unspecified atom stereocenters. The van der Waals surface area contributed by atoms with Crippen molar-refractivity contribution in [2.75, 3.05) is 0 Å². The van der Waals surface area contributed by atoms with Crippen LogP contribution in [0.1, 0.15) is 38.4 Å². The number of halogens is 2. The molecule has 6 heteroatoms. The van der Waals surface area contributed by atoms with E-state index < -0.39 is 11.4 Å². The molecule has 2 N–H and O–H groups in total. The maximum absolute atomic E-state index is 13.9. The Morgan fingerprint density at radius 3 is 3.00 bits per heavy atom. The Balaban J connectivity index is 1.92. The van der Waals surface area contributed by atoms with Crippen molar-refractivity contribution in [2.45, 2.75) is 38.1 Å². The number of hydrogen-bond acceptors (Lipinski definition) is 4. The van der Waals surface area contributed by atoms with Gasteiger partial charge in [0.1, 0.15) is 5.82 Å². The Kier molecular flexibility index (Phi) is 3.71. The van der Waals surface area contributed by atoms with Crippen molar-refractivity contribution in [1.82, 2.24) is 10.1 Å². The summed E-state index contributed by atoms with van der Waals surface area (Å²) in [6, 6.07) is 4.34. The van der Waals surface area contributed by atoms with Crippen LogP contribution in [0.15, 0.2) is 22.7 Å². The summed E-state index contributed by atoms with van der Waals surface area (Å²) in [5.41, 5.74) is 6.08. The lowest BCUT2D eigenvalue weighted by Gasteiger charge is -2.33. The normalized spacial score (nSPS) is 26.0. The molecule has 2 aromatic rings. The standard InChI is InChI=1S/C15H17ClFN3O/c1-9-3-2-6-15(18,8-9)14-19-13(21-20-14)11-5-4-10(16)7-12(11)17/h4-5,7,9H,2-3,6,8,18H2,1H3. The number of hydrogen-bond donors (Lipinski definition) is 1. The molecule has 1 aromatic carbocycles. The quantitative estimate of drug-likeness (QED) is 0.914. The maximum Gasteiger partial charge on any atom is 0.260 e. The number of rotatable bonds is 2. The van der Waals surface area contributed by atoms with Crippen LogP contribution in [0.25, 0.3) is 11.5 Å². The molecule has 4 nitrogen and oxygen atoms in total. The Labute approximate surface area is 127 Å². The smallest absolute Gasteiger partial charge is 0.260 e. The van der Waals surface area contributed by atoms with Gasteiger partial charge in [0.2, 0.25) is 0 Å². The van der Waals surface area contributed by atoms with Crippen LogP contribution in [-0.4, -0.2) is 10.1 Å². The summed E-state index contributed by atoms with van der Waals surface area (Å²) in [7, 11) is 0. The van der Waals surface area contributed by atoms with E-state index in [0.29, 0.717) is 16.8 Å². The predicted molar refractivity (Wildman–Crippen MR) is 78.2 cm³/mol. The monoisotopic (exact) mass is 309 g/mol. The molecule has 1 aliphatic carbocycles. The lowest BCUT2D eigenvalue weighted by Crippen LogP contribution is -2.42. The SMILES string of the molecule is CC1CCCC(N)(c2noc(-c3ccc(Cl)cc3F)n2)C1. The lowest BCUT2D eigenvalue weighted by atomic mass is 9.76. The first-order valence-corrected chi connectivity index (χ1v) is 7.44. The zero-order valence-corrected chi connectivity index (χ0v) is 12.5. The van der Waals surface area contributed by atoms with Crippen molar-refractivity contribution in [3.8, 4) is 11.5 Å². The van der Waals surface area contributed by atoms with Crippen LogP contribution in [0.3, 0.4) is 0 Å². The third-order valence-corrected chi connectivity index (χ3v) is 4.30. The van der Waals surface area contributed by atoms with E-state index in [2.05, 4.69) is 17.1 Å². The molecular formula is C15H17ClFN3O. The minimum absolute atomic E-state index is 0.141. The predicted octanol–water partition coefficient (Wildman–Crippen LogP) is 3.89. The Bertz CT molecular complexity index is 660. The van der Waals surface area contributed by atoms with Crippen LogP contribution in [0, 0.1) is 11.7 Å². The summed E-state index contributed by atoms with van der Waals surface area (Å²) in [6.07, 6.45) is 3.83. The molecule has 3 rings (SSSR count). The van der Waals surface area contributed by atoms with Crippen molar-refractivity contribution >= 4 is 11.6 Å². The molecule has 1 saturated carbocycles. The van der Waals surface area contributed by atoms with E-state index in [4.69, 9.17) is 21.9 Å². The van der Waals surface area contributed by atoms with Gasteiger partial charge in [0, 0.05) is 5.02 Å². The van der Waals surface area contributed by atoms with Crippen molar-refractivity contribution in [3.63, 3.8) is 0 Å². The van der Waals surface area contributed by atoms with Crippen LogP contribution >= 0.6 is 11.6 Å². The molecule has 1 aliphatic rings. The minimum atomic E-state index is -0.581. The fraction of sp³-hybridized carbons (Fsp3) is 0.467. The summed E-state index contributed by atoms with van der Waals surface area (Å²) >= 11 is 5.74. The number of nitrogens with two attached hydrogens (primary N) is 1. The molecule has 1 fully saturated rings. The summed E-state index contributed by atoms with van der Waals surface area (Å²) in [4.78, 5) is 4.32. The molecule has 0 aliphatic heterocycles. The average Bonchev–Trinajstić information content (AvgIpc) is 2.88. The van der Waals surface area contributed by atoms with Gasteiger partial charge in [-0.2, -0.15) is 4.98 Å². The van der Waals surface area contributed by atoms with Gasteiger partial charge in [-0.15, -0.1) is 0 Å². The van der Waals surface area contributed by atoms with Gasteiger partial charge >= 0.3 is 0 Å². The fourth-order valence-electron chi connectivity index (χ4n) is 2.99. The largest absolute Gasteiger partial charge is 0.334 e. The second-order valence-corrected chi connectivity index (χ2v) is 6.34. The molecule has 0 spiro atoms. The molecule has 0 bridgehead atoms. The molecule has 0 saturated heterocycles. The third kappa shape index (κ3) is 2.80. The Morgan fingerprint density at radius 1 is 1.48 bits per heavy atom. The van der Waals surface area contributed by atoms with E-state index >= 15 is 0 Å². The van der Waals surface area contributed by atoms with Gasteiger partial charge in [-0.25, -0.2) is 4.39 Å². The number of benzene rings is 1. The van der Waals surface area contributed by atoms with E-state index in [1.807, 2.05) is 0 Å². The van der Waals surface area contributed by atoms with Gasteiger partial charge in [-0.05, 0) is 37.0 Å². The highest BCUT2D eigenvalue weighted by Gasteiger charge is 2.37. The average molecular weight is 310 g/mol. The minimum Gasteiger partial charge on any atom is -0.334 e. The molecule has 0 amide bonds. The van der Waals surface area contributed by atoms with E-state index in [1.54, 1.807) is 6.07 Å². The van der Waals surface area contributed by atoms with Crippen LogP contribution in [0.4, 0.5) is 4.39 Å². The summed E-state index contributed by atoms with van der Waals surface area (Å²) in [6.45, 7) is 2.17. The van der Waals surface area contributed by atoms with Crippen LogP contribution in [0.2, 0.25) is 5.02 Å². The van der Waals surface area contributed by atoms with Crippen molar-refractivity contribution in [3.05, 3.63) is 34.9 Å². The highest BCUT2D eigenvalue weighted by molar-refractivity contribution is 6.30.